The summed E-state index contributed by atoms with van der Waals surface area (Å²) in [4.78, 5) is -0.424. The van der Waals surface area contributed by atoms with E-state index in [1.165, 1.54) is 0 Å². The van der Waals surface area contributed by atoms with Crippen LogP contribution in [0.3, 0.4) is 0 Å². The summed E-state index contributed by atoms with van der Waals surface area (Å²) in [6, 6.07) is 2.11. The van der Waals surface area contributed by atoms with Gasteiger partial charge in [-0.2, -0.15) is 0 Å². The van der Waals surface area contributed by atoms with E-state index in [0.29, 0.717) is 0 Å². The van der Waals surface area contributed by atoms with Gasteiger partial charge in [0.05, 0.1) is 20.6 Å². The van der Waals surface area contributed by atoms with Crippen molar-refractivity contribution >= 4 is 48.7 Å². The molecular weight excluding hydrogens is 311 g/mol. The maximum atomic E-state index is 11.7. The molecule has 0 unspecified atom stereocenters. The van der Waals surface area contributed by atoms with Crippen LogP contribution >= 0.6 is 23.2 Å². The molecule has 0 heterocycles. The molecule has 1 rings (SSSR count). The predicted octanol–water partition coefficient (Wildman–Crippen LogP) is 0.595. The van der Waals surface area contributed by atoms with E-state index in [9.17, 15) is 16.8 Å². The fourth-order valence-corrected chi connectivity index (χ4v) is 4.71. The number of nitrogen functional groups attached to an aromatic ring is 1. The highest BCUT2D eigenvalue weighted by Gasteiger charge is 2.24. The first-order chi connectivity index (χ1) is 7.53. The first-order valence-corrected chi connectivity index (χ1v) is 8.13. The van der Waals surface area contributed by atoms with Crippen LogP contribution in [0.5, 0.6) is 0 Å². The summed E-state index contributed by atoms with van der Waals surface area (Å²) in [6.07, 6.45) is 0. The molecule has 0 saturated heterocycles. The van der Waals surface area contributed by atoms with Crippen molar-refractivity contribution in [2.45, 2.75) is 4.90 Å². The second-order valence-electron chi connectivity index (χ2n) is 3.20. The van der Waals surface area contributed by atoms with Crippen molar-refractivity contribution in [2.24, 2.45) is 5.14 Å². The molecule has 1 aromatic carbocycles. The number of benzene rings is 1. The summed E-state index contributed by atoms with van der Waals surface area (Å²) in [7, 11) is -8.36. The maximum Gasteiger partial charge on any atom is 0.223 e. The van der Waals surface area contributed by atoms with Gasteiger partial charge in [0.25, 0.3) is 0 Å². The Balaban J connectivity index is 3.40. The third kappa shape index (κ3) is 3.71. The van der Waals surface area contributed by atoms with Gasteiger partial charge in [0.15, 0.2) is 14.9 Å². The molecule has 0 bridgehead atoms. The molecular formula is C7H8Cl2N2O4S2. The molecule has 17 heavy (non-hydrogen) atoms. The van der Waals surface area contributed by atoms with Crippen molar-refractivity contribution < 1.29 is 16.8 Å². The van der Waals surface area contributed by atoms with Crippen molar-refractivity contribution in [3.63, 3.8) is 0 Å². The van der Waals surface area contributed by atoms with Crippen molar-refractivity contribution in [3.8, 4) is 0 Å². The van der Waals surface area contributed by atoms with Crippen LogP contribution in [0.25, 0.3) is 0 Å². The van der Waals surface area contributed by atoms with Crippen LogP contribution in [0, 0.1) is 0 Å². The van der Waals surface area contributed by atoms with Gasteiger partial charge in [-0.15, -0.1) is 0 Å². The Bertz CT molecular complexity index is 655. The average molecular weight is 319 g/mol. The van der Waals surface area contributed by atoms with E-state index in [1.807, 2.05) is 0 Å². The van der Waals surface area contributed by atoms with Crippen molar-refractivity contribution in [3.05, 3.63) is 22.2 Å². The van der Waals surface area contributed by atoms with Gasteiger partial charge in [-0.1, -0.05) is 23.2 Å². The van der Waals surface area contributed by atoms with Crippen LogP contribution in [0.4, 0.5) is 5.69 Å². The van der Waals surface area contributed by atoms with Gasteiger partial charge in [0.2, 0.25) is 10.0 Å². The van der Waals surface area contributed by atoms with Crippen LogP contribution in [0.15, 0.2) is 17.0 Å². The van der Waals surface area contributed by atoms with Gasteiger partial charge < -0.3 is 5.73 Å². The standard InChI is InChI=1S/C7H8Cl2N2O4S2/c8-4-2-7(5(9)1-6(4)10)16(12,13)3-17(11,14)15/h1-2H,3,10H2,(H2,11,14,15). The number of anilines is 1. The van der Waals surface area contributed by atoms with Crippen LogP contribution in [-0.2, 0) is 19.9 Å². The Morgan fingerprint density at radius 1 is 1.06 bits per heavy atom. The van der Waals surface area contributed by atoms with Gasteiger partial charge in [-0.05, 0) is 12.1 Å². The number of halogens is 2. The Morgan fingerprint density at radius 3 is 2.06 bits per heavy atom. The molecule has 0 aliphatic rings. The minimum atomic E-state index is -4.19. The van der Waals surface area contributed by atoms with E-state index in [1.54, 1.807) is 0 Å². The second kappa shape index (κ2) is 4.62. The van der Waals surface area contributed by atoms with E-state index in [0.717, 1.165) is 12.1 Å². The van der Waals surface area contributed by atoms with Crippen molar-refractivity contribution in [2.75, 3.05) is 10.8 Å². The largest absolute Gasteiger partial charge is 0.397 e. The van der Waals surface area contributed by atoms with Crippen LogP contribution in [0.1, 0.15) is 0 Å². The summed E-state index contributed by atoms with van der Waals surface area (Å²) in [5, 5.41) is 3.17. The Morgan fingerprint density at radius 2 is 1.59 bits per heavy atom. The Labute approximate surface area is 108 Å². The second-order valence-corrected chi connectivity index (χ2v) is 7.95. The first-order valence-electron chi connectivity index (χ1n) is 4.01. The van der Waals surface area contributed by atoms with E-state index in [2.05, 4.69) is 5.14 Å². The topological polar surface area (TPSA) is 120 Å². The molecule has 0 atom stereocenters. The third-order valence-corrected chi connectivity index (χ3v) is 6.02. The Kier molecular flexibility index (Phi) is 3.94. The van der Waals surface area contributed by atoms with Crippen molar-refractivity contribution in [1.82, 2.24) is 0 Å². The van der Waals surface area contributed by atoms with E-state index in [4.69, 9.17) is 28.9 Å². The average Bonchev–Trinajstić information content (AvgIpc) is 2.06. The summed E-state index contributed by atoms with van der Waals surface area (Å²) in [6.45, 7) is 0. The number of hydrogen-bond donors (Lipinski definition) is 2. The SMILES string of the molecule is Nc1cc(Cl)c(S(=O)(=O)CS(N)(=O)=O)cc1Cl. The smallest absolute Gasteiger partial charge is 0.223 e. The number of primary sulfonamides is 1. The lowest BCUT2D eigenvalue weighted by atomic mass is 10.3. The normalized spacial score (nSPS) is 12.6. The number of sulfonamides is 1. The zero-order valence-corrected chi connectivity index (χ0v) is 11.4. The predicted molar refractivity (Wildman–Crippen MR) is 66.0 cm³/mol. The van der Waals surface area contributed by atoms with E-state index < -0.39 is 29.8 Å². The summed E-state index contributed by atoms with van der Waals surface area (Å²) in [5.74, 6) is 0. The fraction of sp³-hybridized carbons (Fsp3) is 0.143. The Hall–Kier alpha value is -0.540. The molecule has 96 valence electrons. The third-order valence-electron chi connectivity index (χ3n) is 1.71. The van der Waals surface area contributed by atoms with Crippen molar-refractivity contribution in [1.29, 1.82) is 0 Å². The van der Waals surface area contributed by atoms with E-state index >= 15 is 0 Å². The number of rotatable bonds is 3. The lowest BCUT2D eigenvalue weighted by molar-refractivity contribution is 0.590. The molecule has 0 amide bonds. The molecule has 0 spiro atoms. The van der Waals surface area contributed by atoms with Gasteiger partial charge in [0, 0.05) is 0 Å². The molecule has 0 saturated carbocycles. The quantitative estimate of drug-likeness (QED) is 0.790. The summed E-state index contributed by atoms with van der Waals surface area (Å²) in [5.41, 5.74) is 5.50. The fourth-order valence-electron chi connectivity index (χ4n) is 1.06. The first kappa shape index (κ1) is 14.5. The highest BCUT2D eigenvalue weighted by Crippen LogP contribution is 2.30. The minimum absolute atomic E-state index is 0.0394. The number of nitrogens with two attached hydrogens (primary N) is 2. The minimum Gasteiger partial charge on any atom is -0.397 e. The lowest BCUT2D eigenvalue weighted by Gasteiger charge is -2.07. The molecule has 0 aliphatic heterocycles. The van der Waals surface area contributed by atoms with E-state index in [-0.39, 0.29) is 15.7 Å². The molecule has 0 aromatic heterocycles. The summed E-state index contributed by atoms with van der Waals surface area (Å²) >= 11 is 11.3. The van der Waals surface area contributed by atoms with Crippen LogP contribution in [-0.4, -0.2) is 21.9 Å². The molecule has 0 aliphatic carbocycles. The number of sulfone groups is 1. The molecule has 4 N–H and O–H groups in total. The maximum absolute atomic E-state index is 11.7. The molecule has 6 nitrogen and oxygen atoms in total. The van der Waals surface area contributed by atoms with Gasteiger partial charge >= 0.3 is 0 Å². The lowest BCUT2D eigenvalue weighted by Crippen LogP contribution is -2.23. The monoisotopic (exact) mass is 318 g/mol. The van der Waals surface area contributed by atoms with Crippen LogP contribution < -0.4 is 10.9 Å². The zero-order chi connectivity index (χ0) is 13.4. The summed E-state index contributed by atoms with van der Waals surface area (Å²) < 4.78 is 44.9. The van der Waals surface area contributed by atoms with Gasteiger partial charge in [-0.25, -0.2) is 22.0 Å². The number of hydrogen-bond acceptors (Lipinski definition) is 5. The van der Waals surface area contributed by atoms with Crippen LogP contribution in [0.2, 0.25) is 10.0 Å². The highest BCUT2D eigenvalue weighted by atomic mass is 35.5. The van der Waals surface area contributed by atoms with Gasteiger partial charge in [-0.3, -0.25) is 0 Å². The zero-order valence-electron chi connectivity index (χ0n) is 8.22. The molecule has 0 fully saturated rings. The van der Waals surface area contributed by atoms with Gasteiger partial charge in [0.1, 0.15) is 0 Å². The molecule has 1 aromatic rings. The molecule has 10 heteroatoms. The molecule has 0 radical (unpaired) electrons. The highest BCUT2D eigenvalue weighted by molar-refractivity contribution is 8.07.